The summed E-state index contributed by atoms with van der Waals surface area (Å²) in [6.45, 7) is 0.662. The second kappa shape index (κ2) is 6.31. The molecule has 0 fully saturated rings. The Labute approximate surface area is 116 Å². The summed E-state index contributed by atoms with van der Waals surface area (Å²) in [7, 11) is 1.66. The normalized spacial score (nSPS) is 12.3. The Morgan fingerprint density at radius 1 is 1.30 bits per heavy atom. The zero-order valence-electron chi connectivity index (χ0n) is 11.1. The molecule has 0 radical (unpaired) electrons. The number of hydrogen-bond acceptors (Lipinski definition) is 5. The van der Waals surface area contributed by atoms with Crippen LogP contribution in [-0.2, 0) is 11.2 Å². The fourth-order valence-electron chi connectivity index (χ4n) is 1.88. The van der Waals surface area contributed by atoms with Crippen molar-refractivity contribution in [1.82, 2.24) is 0 Å². The molecule has 2 N–H and O–H groups in total. The van der Waals surface area contributed by atoms with Crippen molar-refractivity contribution in [2.75, 3.05) is 13.7 Å². The summed E-state index contributed by atoms with van der Waals surface area (Å²) < 4.78 is 10.1. The van der Waals surface area contributed by atoms with E-state index in [0.717, 1.165) is 17.5 Å². The summed E-state index contributed by atoms with van der Waals surface area (Å²) in [4.78, 5) is 10.00. The molecule has 6 nitrogen and oxygen atoms in total. The minimum absolute atomic E-state index is 0.299. The lowest BCUT2D eigenvalue weighted by molar-refractivity contribution is -0.402. The Bertz CT molecular complexity index is 577. The van der Waals surface area contributed by atoms with Gasteiger partial charge in [0.05, 0.1) is 18.7 Å². The van der Waals surface area contributed by atoms with Crippen molar-refractivity contribution in [1.29, 1.82) is 0 Å². The van der Waals surface area contributed by atoms with Crippen LogP contribution in [0.15, 0.2) is 40.8 Å². The van der Waals surface area contributed by atoms with Crippen LogP contribution in [0, 0.1) is 10.1 Å². The summed E-state index contributed by atoms with van der Waals surface area (Å²) in [6.07, 6.45) is 0.832. The Hall–Kier alpha value is -2.18. The van der Waals surface area contributed by atoms with Crippen LogP contribution in [0.5, 0.6) is 0 Å². The van der Waals surface area contributed by atoms with Crippen LogP contribution in [0.2, 0.25) is 0 Å². The largest absolute Gasteiger partial charge is 0.433 e. The predicted molar refractivity (Wildman–Crippen MR) is 73.4 cm³/mol. The van der Waals surface area contributed by atoms with Crippen LogP contribution in [0.1, 0.15) is 22.9 Å². The molecule has 1 unspecified atom stereocenters. The van der Waals surface area contributed by atoms with Crippen molar-refractivity contribution in [3.8, 4) is 0 Å². The quantitative estimate of drug-likeness (QED) is 0.646. The van der Waals surface area contributed by atoms with Crippen molar-refractivity contribution in [2.24, 2.45) is 5.73 Å². The van der Waals surface area contributed by atoms with Gasteiger partial charge in [0.15, 0.2) is 0 Å². The first-order chi connectivity index (χ1) is 9.61. The topological polar surface area (TPSA) is 91.5 Å². The lowest BCUT2D eigenvalue weighted by atomic mass is 10.0. The standard InChI is InChI=1S/C14H16N2O4/c1-19-9-8-10-2-4-11(5-3-10)14(15)12-6-7-13(20-12)16(17)18/h2-7,14H,8-9,15H2,1H3. The van der Waals surface area contributed by atoms with Crippen LogP contribution in [0.3, 0.4) is 0 Å². The van der Waals surface area contributed by atoms with E-state index in [1.807, 2.05) is 24.3 Å². The molecule has 0 aliphatic carbocycles. The van der Waals surface area contributed by atoms with Crippen LogP contribution < -0.4 is 5.73 Å². The molecule has 1 aromatic heterocycles. The van der Waals surface area contributed by atoms with Crippen molar-refractivity contribution in [3.05, 3.63) is 63.4 Å². The summed E-state index contributed by atoms with van der Waals surface area (Å²) >= 11 is 0. The van der Waals surface area contributed by atoms with Gasteiger partial charge in [0.25, 0.3) is 0 Å². The van der Waals surface area contributed by atoms with Crippen LogP contribution in [0.25, 0.3) is 0 Å². The first kappa shape index (κ1) is 14.2. The van der Waals surface area contributed by atoms with Gasteiger partial charge in [-0.25, -0.2) is 0 Å². The Morgan fingerprint density at radius 3 is 2.55 bits per heavy atom. The molecule has 0 saturated carbocycles. The summed E-state index contributed by atoms with van der Waals surface area (Å²) in [5, 5.41) is 10.6. The minimum atomic E-state index is -0.579. The highest BCUT2D eigenvalue weighted by molar-refractivity contribution is 5.31. The number of nitrogens with zero attached hydrogens (tertiary/aromatic N) is 1. The summed E-state index contributed by atoms with van der Waals surface area (Å²) in [5.41, 5.74) is 8.03. The van der Waals surface area contributed by atoms with E-state index in [1.54, 1.807) is 7.11 Å². The number of hydrogen-bond donors (Lipinski definition) is 1. The Morgan fingerprint density at radius 2 is 2.00 bits per heavy atom. The third kappa shape index (κ3) is 3.23. The summed E-state index contributed by atoms with van der Waals surface area (Å²) in [6, 6.07) is 10.0. The number of rotatable bonds is 6. The maximum absolute atomic E-state index is 10.6. The maximum Gasteiger partial charge on any atom is 0.433 e. The average Bonchev–Trinajstić information content (AvgIpc) is 2.95. The van der Waals surface area contributed by atoms with Gasteiger partial charge in [-0.15, -0.1) is 0 Å². The number of benzene rings is 1. The third-order valence-electron chi connectivity index (χ3n) is 3.03. The second-order valence-corrected chi connectivity index (χ2v) is 4.40. The minimum Gasteiger partial charge on any atom is -0.404 e. The van der Waals surface area contributed by atoms with Gasteiger partial charge in [-0.1, -0.05) is 24.3 Å². The first-order valence-corrected chi connectivity index (χ1v) is 6.19. The zero-order valence-corrected chi connectivity index (χ0v) is 11.1. The fraction of sp³-hybridized carbons (Fsp3) is 0.286. The van der Waals surface area contributed by atoms with E-state index in [9.17, 15) is 10.1 Å². The molecule has 0 amide bonds. The predicted octanol–water partition coefficient (Wildman–Crippen LogP) is 2.42. The molecule has 0 aliphatic heterocycles. The maximum atomic E-state index is 10.6. The molecule has 0 bridgehead atoms. The monoisotopic (exact) mass is 276 g/mol. The van der Waals surface area contributed by atoms with Gasteiger partial charge >= 0.3 is 5.88 Å². The van der Waals surface area contributed by atoms with Gasteiger partial charge in [-0.2, -0.15) is 0 Å². The van der Waals surface area contributed by atoms with Crippen LogP contribution in [0.4, 0.5) is 5.88 Å². The molecule has 106 valence electrons. The van der Waals surface area contributed by atoms with E-state index in [-0.39, 0.29) is 5.88 Å². The molecule has 0 spiro atoms. The Kier molecular flexibility index (Phi) is 4.49. The van der Waals surface area contributed by atoms with Gasteiger partial charge in [0.1, 0.15) is 10.7 Å². The van der Waals surface area contributed by atoms with E-state index in [4.69, 9.17) is 14.9 Å². The molecule has 2 rings (SSSR count). The van der Waals surface area contributed by atoms with E-state index in [1.165, 1.54) is 12.1 Å². The lowest BCUT2D eigenvalue weighted by Gasteiger charge is -2.09. The molecular weight excluding hydrogens is 260 g/mol. The van der Waals surface area contributed by atoms with E-state index >= 15 is 0 Å². The molecule has 20 heavy (non-hydrogen) atoms. The van der Waals surface area contributed by atoms with Crippen molar-refractivity contribution in [2.45, 2.75) is 12.5 Å². The molecule has 1 atom stereocenters. The highest BCUT2D eigenvalue weighted by Gasteiger charge is 2.18. The van der Waals surface area contributed by atoms with E-state index in [0.29, 0.717) is 12.4 Å². The second-order valence-electron chi connectivity index (χ2n) is 4.40. The molecule has 0 aliphatic rings. The zero-order chi connectivity index (χ0) is 14.5. The molecule has 1 heterocycles. The molecular formula is C14H16N2O4. The van der Waals surface area contributed by atoms with Crippen molar-refractivity contribution >= 4 is 5.88 Å². The molecule has 1 aromatic carbocycles. The van der Waals surface area contributed by atoms with Crippen LogP contribution in [-0.4, -0.2) is 18.6 Å². The first-order valence-electron chi connectivity index (χ1n) is 6.19. The number of ether oxygens (including phenoxy) is 1. The lowest BCUT2D eigenvalue weighted by Crippen LogP contribution is -2.11. The number of furan rings is 1. The SMILES string of the molecule is COCCc1ccc(C(N)c2ccc([N+](=O)[O-])o2)cc1. The van der Waals surface area contributed by atoms with Crippen molar-refractivity contribution < 1.29 is 14.1 Å². The number of nitrogens with two attached hydrogens (primary N) is 1. The highest BCUT2D eigenvalue weighted by Crippen LogP contribution is 2.25. The van der Waals surface area contributed by atoms with Gasteiger partial charge in [0.2, 0.25) is 0 Å². The molecule has 2 aromatic rings. The van der Waals surface area contributed by atoms with Gasteiger partial charge in [0, 0.05) is 7.11 Å². The highest BCUT2D eigenvalue weighted by atomic mass is 16.6. The summed E-state index contributed by atoms with van der Waals surface area (Å²) in [5.74, 6) is 0.0773. The smallest absolute Gasteiger partial charge is 0.404 e. The van der Waals surface area contributed by atoms with Gasteiger partial charge in [-0.05, 0) is 23.6 Å². The number of nitro groups is 1. The Balaban J connectivity index is 2.11. The van der Waals surface area contributed by atoms with Gasteiger partial charge < -0.3 is 14.9 Å². The van der Waals surface area contributed by atoms with Gasteiger partial charge in [-0.3, -0.25) is 10.1 Å². The van der Waals surface area contributed by atoms with E-state index in [2.05, 4.69) is 0 Å². The molecule has 6 heteroatoms. The van der Waals surface area contributed by atoms with Crippen molar-refractivity contribution in [3.63, 3.8) is 0 Å². The number of methoxy groups -OCH3 is 1. The fourth-order valence-corrected chi connectivity index (χ4v) is 1.88. The molecule has 0 saturated heterocycles. The average molecular weight is 276 g/mol. The van der Waals surface area contributed by atoms with E-state index < -0.39 is 11.0 Å². The van der Waals surface area contributed by atoms with Crippen LogP contribution >= 0.6 is 0 Å². The third-order valence-corrected chi connectivity index (χ3v) is 3.03.